The highest BCUT2D eigenvalue weighted by Crippen LogP contribution is 2.14. The summed E-state index contributed by atoms with van der Waals surface area (Å²) in [5, 5.41) is 3.48. The van der Waals surface area contributed by atoms with Crippen molar-refractivity contribution in [2.24, 2.45) is 0 Å². The van der Waals surface area contributed by atoms with Gasteiger partial charge in [0.05, 0.1) is 0 Å². The van der Waals surface area contributed by atoms with Gasteiger partial charge in [0.1, 0.15) is 0 Å². The second kappa shape index (κ2) is 6.55. The molecule has 0 saturated carbocycles. The molecular formula is C13H22N2O. The topological polar surface area (TPSA) is 32.3 Å². The summed E-state index contributed by atoms with van der Waals surface area (Å²) < 4.78 is 0. The number of nitrogens with zero attached hydrogens (tertiary/aromatic N) is 1. The first-order valence-corrected chi connectivity index (χ1v) is 6.19. The van der Waals surface area contributed by atoms with Crippen molar-refractivity contribution in [1.82, 2.24) is 10.2 Å². The van der Waals surface area contributed by atoms with Crippen molar-refractivity contribution in [1.29, 1.82) is 0 Å². The van der Waals surface area contributed by atoms with Crippen LogP contribution >= 0.6 is 0 Å². The van der Waals surface area contributed by atoms with Crippen LogP contribution in [0.2, 0.25) is 0 Å². The molecule has 0 bridgehead atoms. The lowest BCUT2D eigenvalue weighted by Gasteiger charge is -2.40. The van der Waals surface area contributed by atoms with E-state index in [4.69, 9.17) is 6.42 Å². The highest BCUT2D eigenvalue weighted by molar-refractivity contribution is 5.77. The van der Waals surface area contributed by atoms with Gasteiger partial charge in [0.25, 0.3) is 0 Å². The van der Waals surface area contributed by atoms with E-state index in [-0.39, 0.29) is 5.91 Å². The van der Waals surface area contributed by atoms with Crippen molar-refractivity contribution in [3.8, 4) is 12.3 Å². The summed E-state index contributed by atoms with van der Waals surface area (Å²) in [6.07, 6.45) is 8.31. The number of terminal acetylenes is 1. The standard InChI is InChI=1S/C13H22N2O/c1-4-7-8-13(16)15-10-11(5-2)14-9-12(15)6-3/h1,11-12,14H,5-10H2,2-3H3. The van der Waals surface area contributed by atoms with Crippen LogP contribution in [0.4, 0.5) is 0 Å². The van der Waals surface area contributed by atoms with Crippen LogP contribution in [0.3, 0.4) is 0 Å². The Morgan fingerprint density at radius 1 is 1.50 bits per heavy atom. The number of carbonyl (C=O) groups is 1. The summed E-state index contributed by atoms with van der Waals surface area (Å²) in [6.45, 7) is 6.02. The molecule has 0 aliphatic carbocycles. The van der Waals surface area contributed by atoms with Crippen LogP contribution < -0.4 is 5.32 Å². The highest BCUT2D eigenvalue weighted by atomic mass is 16.2. The second-order valence-electron chi connectivity index (χ2n) is 4.33. The number of nitrogens with one attached hydrogen (secondary N) is 1. The minimum absolute atomic E-state index is 0.213. The molecule has 1 aliphatic heterocycles. The minimum atomic E-state index is 0.213. The number of amides is 1. The van der Waals surface area contributed by atoms with Crippen LogP contribution in [-0.2, 0) is 4.79 Å². The van der Waals surface area contributed by atoms with Crippen LogP contribution in [0.5, 0.6) is 0 Å². The monoisotopic (exact) mass is 222 g/mol. The molecule has 1 amide bonds. The van der Waals surface area contributed by atoms with E-state index in [0.29, 0.717) is 24.9 Å². The van der Waals surface area contributed by atoms with E-state index >= 15 is 0 Å². The third kappa shape index (κ3) is 3.24. The fourth-order valence-electron chi connectivity index (χ4n) is 2.13. The zero-order chi connectivity index (χ0) is 12.0. The van der Waals surface area contributed by atoms with Gasteiger partial charge in [-0.25, -0.2) is 0 Å². The average Bonchev–Trinajstić information content (AvgIpc) is 2.35. The van der Waals surface area contributed by atoms with Gasteiger partial charge in [-0.1, -0.05) is 13.8 Å². The second-order valence-corrected chi connectivity index (χ2v) is 4.33. The normalized spacial score (nSPS) is 25.2. The molecule has 2 atom stereocenters. The van der Waals surface area contributed by atoms with Crippen LogP contribution in [0.15, 0.2) is 0 Å². The number of hydrogen-bond acceptors (Lipinski definition) is 2. The van der Waals surface area contributed by atoms with Crippen molar-refractivity contribution in [3.63, 3.8) is 0 Å². The van der Waals surface area contributed by atoms with E-state index in [1.54, 1.807) is 0 Å². The minimum Gasteiger partial charge on any atom is -0.337 e. The molecular weight excluding hydrogens is 200 g/mol. The summed E-state index contributed by atoms with van der Waals surface area (Å²) in [4.78, 5) is 14.0. The SMILES string of the molecule is C#CCCC(=O)N1CC(CC)NCC1CC. The van der Waals surface area contributed by atoms with Crippen molar-refractivity contribution < 1.29 is 4.79 Å². The van der Waals surface area contributed by atoms with Crippen LogP contribution in [0.25, 0.3) is 0 Å². The maximum atomic E-state index is 12.0. The number of rotatable bonds is 4. The number of piperazine rings is 1. The molecule has 2 unspecified atom stereocenters. The van der Waals surface area contributed by atoms with Crippen molar-refractivity contribution >= 4 is 5.91 Å². The highest BCUT2D eigenvalue weighted by Gasteiger charge is 2.28. The molecule has 1 saturated heterocycles. The van der Waals surface area contributed by atoms with E-state index in [9.17, 15) is 4.79 Å². The Balaban J connectivity index is 2.57. The summed E-state index contributed by atoms with van der Waals surface area (Å²) in [6, 6.07) is 0.783. The molecule has 1 aliphatic rings. The van der Waals surface area contributed by atoms with E-state index < -0.39 is 0 Å². The molecule has 0 aromatic rings. The molecule has 0 aromatic heterocycles. The molecule has 0 spiro atoms. The van der Waals surface area contributed by atoms with Gasteiger partial charge < -0.3 is 10.2 Å². The summed E-state index contributed by atoms with van der Waals surface area (Å²) >= 11 is 0. The zero-order valence-electron chi connectivity index (χ0n) is 10.3. The predicted octanol–water partition coefficient (Wildman–Crippen LogP) is 1.39. The molecule has 0 aromatic carbocycles. The third-order valence-corrected chi connectivity index (χ3v) is 3.27. The molecule has 90 valence electrons. The molecule has 1 rings (SSSR count). The first-order chi connectivity index (χ1) is 7.72. The fourth-order valence-corrected chi connectivity index (χ4v) is 2.13. The maximum Gasteiger partial charge on any atom is 0.223 e. The lowest BCUT2D eigenvalue weighted by Crippen LogP contribution is -2.57. The molecule has 0 radical (unpaired) electrons. The Kier molecular flexibility index (Phi) is 5.34. The Labute approximate surface area is 98.6 Å². The molecule has 1 heterocycles. The summed E-state index contributed by atoms with van der Waals surface area (Å²) in [7, 11) is 0. The molecule has 3 heteroatoms. The Morgan fingerprint density at radius 3 is 2.81 bits per heavy atom. The maximum absolute atomic E-state index is 12.0. The van der Waals surface area contributed by atoms with Crippen molar-refractivity contribution in [3.05, 3.63) is 0 Å². The summed E-state index contributed by atoms with van der Waals surface area (Å²) in [5.41, 5.74) is 0. The van der Waals surface area contributed by atoms with Gasteiger partial charge >= 0.3 is 0 Å². The van der Waals surface area contributed by atoms with Gasteiger partial charge in [0, 0.05) is 38.0 Å². The van der Waals surface area contributed by atoms with Crippen LogP contribution in [0.1, 0.15) is 39.5 Å². The molecule has 16 heavy (non-hydrogen) atoms. The van der Waals surface area contributed by atoms with Crippen molar-refractivity contribution in [2.45, 2.75) is 51.6 Å². The quantitative estimate of drug-likeness (QED) is 0.729. The largest absolute Gasteiger partial charge is 0.337 e. The molecule has 1 N–H and O–H groups in total. The fraction of sp³-hybridized carbons (Fsp3) is 0.769. The van der Waals surface area contributed by atoms with E-state index in [0.717, 1.165) is 25.9 Å². The third-order valence-electron chi connectivity index (χ3n) is 3.27. The first-order valence-electron chi connectivity index (χ1n) is 6.19. The van der Waals surface area contributed by atoms with Gasteiger partial charge in [0.15, 0.2) is 0 Å². The average molecular weight is 222 g/mol. The van der Waals surface area contributed by atoms with Crippen molar-refractivity contribution in [2.75, 3.05) is 13.1 Å². The number of hydrogen-bond donors (Lipinski definition) is 1. The molecule has 3 nitrogen and oxygen atoms in total. The molecule has 1 fully saturated rings. The summed E-state index contributed by atoms with van der Waals surface area (Å²) in [5.74, 6) is 2.75. The number of carbonyl (C=O) groups excluding carboxylic acids is 1. The van der Waals surface area contributed by atoms with Gasteiger partial charge in [-0.3, -0.25) is 4.79 Å². The lowest BCUT2D eigenvalue weighted by atomic mass is 10.0. The van der Waals surface area contributed by atoms with Gasteiger partial charge in [0.2, 0.25) is 5.91 Å². The zero-order valence-corrected chi connectivity index (χ0v) is 10.3. The van der Waals surface area contributed by atoms with E-state index in [2.05, 4.69) is 25.1 Å². The van der Waals surface area contributed by atoms with Gasteiger partial charge in [-0.05, 0) is 12.8 Å². The Bertz CT molecular complexity index is 270. The Hall–Kier alpha value is -1.01. The van der Waals surface area contributed by atoms with Gasteiger partial charge in [-0.2, -0.15) is 0 Å². The van der Waals surface area contributed by atoms with Crippen LogP contribution in [-0.4, -0.2) is 36.0 Å². The smallest absolute Gasteiger partial charge is 0.223 e. The van der Waals surface area contributed by atoms with E-state index in [1.165, 1.54) is 0 Å². The first kappa shape index (κ1) is 13.1. The Morgan fingerprint density at radius 2 is 2.25 bits per heavy atom. The van der Waals surface area contributed by atoms with E-state index in [1.807, 2.05) is 4.90 Å². The van der Waals surface area contributed by atoms with Crippen LogP contribution in [0, 0.1) is 12.3 Å². The van der Waals surface area contributed by atoms with Gasteiger partial charge in [-0.15, -0.1) is 12.3 Å². The lowest BCUT2D eigenvalue weighted by molar-refractivity contribution is -0.135. The predicted molar refractivity (Wildman–Crippen MR) is 65.9 cm³/mol.